The third kappa shape index (κ3) is 2.79. The van der Waals surface area contributed by atoms with E-state index in [0.717, 1.165) is 11.4 Å². The minimum absolute atomic E-state index is 1.09. The maximum Gasteiger partial charge on any atom is 0.0764 e. The molecular formula is C21H23IN2. The molecule has 24 heavy (non-hydrogen) atoms. The van der Waals surface area contributed by atoms with Gasteiger partial charge in [-0.25, -0.2) is 0 Å². The van der Waals surface area contributed by atoms with Crippen molar-refractivity contribution in [3.8, 4) is 0 Å². The average Bonchev–Trinajstić information content (AvgIpc) is 2.95. The number of rotatable bonds is 2. The van der Waals surface area contributed by atoms with Crippen molar-refractivity contribution in [1.82, 2.24) is 4.98 Å². The molecule has 1 aromatic heterocycles. The number of aromatic amines is 1. The summed E-state index contributed by atoms with van der Waals surface area (Å²) in [6.07, 6.45) is 0. The fourth-order valence-electron chi connectivity index (χ4n) is 3.14. The third-order valence-electron chi connectivity index (χ3n) is 5.17. The molecule has 124 valence electrons. The van der Waals surface area contributed by atoms with Crippen molar-refractivity contribution in [3.05, 3.63) is 72.8 Å². The van der Waals surface area contributed by atoms with Crippen LogP contribution >= 0.6 is 22.6 Å². The number of H-pyrrole nitrogens is 1. The minimum Gasteiger partial charge on any atom is -0.358 e. The van der Waals surface area contributed by atoms with Crippen LogP contribution in [0.3, 0.4) is 0 Å². The fourth-order valence-corrected chi connectivity index (χ4v) is 3.50. The van der Waals surface area contributed by atoms with E-state index in [2.05, 4.69) is 93.4 Å². The summed E-state index contributed by atoms with van der Waals surface area (Å²) in [5.41, 5.74) is 12.2. The van der Waals surface area contributed by atoms with Crippen LogP contribution in [0.2, 0.25) is 0 Å². The largest absolute Gasteiger partial charge is 0.358 e. The minimum atomic E-state index is 1.09. The second-order valence-corrected chi connectivity index (χ2v) is 7.80. The van der Waals surface area contributed by atoms with Gasteiger partial charge in [0.25, 0.3) is 0 Å². The maximum atomic E-state index is 4.91. The predicted octanol–water partition coefficient (Wildman–Crippen LogP) is 6.11. The first-order valence-electron chi connectivity index (χ1n) is 8.21. The second kappa shape index (κ2) is 6.36. The summed E-state index contributed by atoms with van der Waals surface area (Å²) in [5.74, 6) is 0. The van der Waals surface area contributed by atoms with Crippen LogP contribution in [0.1, 0.15) is 48.8 Å². The van der Waals surface area contributed by atoms with Crippen LogP contribution in [0.5, 0.6) is 0 Å². The van der Waals surface area contributed by atoms with Crippen LogP contribution < -0.4 is 0 Å². The highest BCUT2D eigenvalue weighted by Gasteiger charge is 2.23. The summed E-state index contributed by atoms with van der Waals surface area (Å²) >= 11 is 2.35. The number of aliphatic imine (C=N–C) groups is 1. The second-order valence-electron chi connectivity index (χ2n) is 6.55. The van der Waals surface area contributed by atoms with E-state index in [0.29, 0.717) is 0 Å². The van der Waals surface area contributed by atoms with E-state index in [-0.39, 0.29) is 0 Å². The van der Waals surface area contributed by atoms with Gasteiger partial charge in [0.05, 0.1) is 11.4 Å². The highest BCUT2D eigenvalue weighted by molar-refractivity contribution is 14.1. The van der Waals surface area contributed by atoms with Gasteiger partial charge < -0.3 is 4.98 Å². The molecule has 0 saturated heterocycles. The van der Waals surface area contributed by atoms with E-state index >= 15 is 0 Å². The predicted molar refractivity (Wildman–Crippen MR) is 112 cm³/mol. The van der Waals surface area contributed by atoms with E-state index in [1.165, 1.54) is 48.4 Å². The van der Waals surface area contributed by atoms with Crippen LogP contribution in [0.4, 0.5) is 0 Å². The van der Waals surface area contributed by atoms with E-state index in [4.69, 9.17) is 4.99 Å². The molecule has 2 heterocycles. The lowest BCUT2D eigenvalue weighted by Crippen LogP contribution is -1.96. The van der Waals surface area contributed by atoms with Crippen molar-refractivity contribution in [2.24, 2.45) is 4.99 Å². The topological polar surface area (TPSA) is 28.1 Å². The molecule has 1 aromatic carbocycles. The lowest BCUT2D eigenvalue weighted by Gasteiger charge is -2.12. The van der Waals surface area contributed by atoms with Crippen LogP contribution in [0, 0.1) is 24.3 Å². The summed E-state index contributed by atoms with van der Waals surface area (Å²) in [7, 11) is 0. The van der Waals surface area contributed by atoms with Gasteiger partial charge in [0.1, 0.15) is 0 Å². The van der Waals surface area contributed by atoms with Crippen molar-refractivity contribution < 1.29 is 0 Å². The average molecular weight is 430 g/mol. The van der Waals surface area contributed by atoms with Crippen LogP contribution in [-0.4, -0.2) is 10.7 Å². The Morgan fingerprint density at radius 2 is 1.50 bits per heavy atom. The smallest absolute Gasteiger partial charge is 0.0764 e. The molecule has 0 spiro atoms. The molecule has 0 amide bonds. The number of hydrogen-bond acceptors (Lipinski definition) is 1. The van der Waals surface area contributed by atoms with Gasteiger partial charge in [-0.3, -0.25) is 4.99 Å². The van der Waals surface area contributed by atoms with Crippen molar-refractivity contribution >= 4 is 33.9 Å². The van der Waals surface area contributed by atoms with Crippen molar-refractivity contribution in [1.29, 1.82) is 0 Å². The van der Waals surface area contributed by atoms with Crippen molar-refractivity contribution in [2.75, 3.05) is 0 Å². The van der Waals surface area contributed by atoms with Crippen molar-refractivity contribution in [2.45, 2.75) is 41.5 Å². The molecule has 2 aromatic rings. The zero-order valence-corrected chi connectivity index (χ0v) is 17.3. The van der Waals surface area contributed by atoms with Crippen LogP contribution in [-0.2, 0) is 0 Å². The number of aromatic nitrogens is 1. The Labute approximate surface area is 157 Å². The van der Waals surface area contributed by atoms with E-state index in [1.54, 1.807) is 0 Å². The molecule has 2 nitrogen and oxygen atoms in total. The number of hydrogen-bond donors (Lipinski definition) is 1. The highest BCUT2D eigenvalue weighted by Crippen LogP contribution is 2.37. The Morgan fingerprint density at radius 3 is 1.96 bits per heavy atom. The molecular weight excluding hydrogens is 407 g/mol. The summed E-state index contributed by atoms with van der Waals surface area (Å²) in [4.78, 5) is 8.51. The number of nitrogens with zero attached hydrogens (tertiary/aromatic N) is 1. The first kappa shape index (κ1) is 17.2. The maximum absolute atomic E-state index is 4.91. The monoisotopic (exact) mass is 430 g/mol. The lowest BCUT2D eigenvalue weighted by molar-refractivity contribution is 1.20. The van der Waals surface area contributed by atoms with Crippen LogP contribution in [0.15, 0.2) is 46.1 Å². The third-order valence-corrected chi connectivity index (χ3v) is 5.89. The summed E-state index contributed by atoms with van der Waals surface area (Å²) < 4.78 is 1.24. The van der Waals surface area contributed by atoms with Gasteiger partial charge in [-0.05, 0) is 104 Å². The molecule has 0 bridgehead atoms. The summed E-state index contributed by atoms with van der Waals surface area (Å²) in [5, 5.41) is 0. The molecule has 0 unspecified atom stereocenters. The number of benzene rings is 1. The molecule has 0 aliphatic carbocycles. The van der Waals surface area contributed by atoms with E-state index in [1.807, 2.05) is 0 Å². The molecule has 1 aliphatic heterocycles. The summed E-state index contributed by atoms with van der Waals surface area (Å²) in [6.45, 7) is 12.9. The zero-order chi connectivity index (χ0) is 17.6. The van der Waals surface area contributed by atoms with Gasteiger partial charge in [0, 0.05) is 20.5 Å². The number of allylic oxidation sites excluding steroid dienone is 2. The number of nitrogens with one attached hydrogen (secondary N) is 1. The van der Waals surface area contributed by atoms with Gasteiger partial charge in [0.2, 0.25) is 0 Å². The van der Waals surface area contributed by atoms with E-state index in [9.17, 15) is 0 Å². The Bertz CT molecular complexity index is 906. The SMILES string of the molecule is CC1=N/C(=C(/c2ccc(I)cc2)c2[nH]c(C)c(C)c2C)C(C)=C1C. The molecule has 1 aliphatic rings. The molecule has 3 rings (SSSR count). The first-order valence-corrected chi connectivity index (χ1v) is 9.29. The van der Waals surface area contributed by atoms with Gasteiger partial charge in [0.15, 0.2) is 0 Å². The zero-order valence-electron chi connectivity index (χ0n) is 15.1. The molecule has 0 radical (unpaired) electrons. The van der Waals surface area contributed by atoms with Gasteiger partial charge in [-0.1, -0.05) is 12.1 Å². The fraction of sp³-hybridized carbons (Fsp3) is 0.286. The highest BCUT2D eigenvalue weighted by atomic mass is 127. The number of aryl methyl sites for hydroxylation is 1. The number of halogens is 1. The van der Waals surface area contributed by atoms with Gasteiger partial charge >= 0.3 is 0 Å². The quantitative estimate of drug-likeness (QED) is 0.557. The van der Waals surface area contributed by atoms with Gasteiger partial charge in [-0.2, -0.15) is 0 Å². The normalized spacial score (nSPS) is 16.7. The van der Waals surface area contributed by atoms with E-state index < -0.39 is 0 Å². The molecule has 3 heteroatoms. The lowest BCUT2D eigenvalue weighted by atomic mass is 9.94. The Morgan fingerprint density at radius 1 is 0.875 bits per heavy atom. The standard InChI is InChI=1S/C21H23IN2/c1-11-13(3)20(23-15(11)5)19(17-7-9-18(22)10-8-17)21-14(4)12(2)16(6)24-21/h7-10,23H,1-6H3/b21-19-. The Kier molecular flexibility index (Phi) is 4.56. The van der Waals surface area contributed by atoms with Crippen molar-refractivity contribution in [3.63, 3.8) is 0 Å². The Balaban J connectivity index is 2.35. The molecule has 0 atom stereocenters. The summed E-state index contributed by atoms with van der Waals surface area (Å²) in [6, 6.07) is 8.71. The molecule has 0 fully saturated rings. The molecule has 1 N–H and O–H groups in total. The Hall–Kier alpha value is -1.62. The van der Waals surface area contributed by atoms with Crippen LogP contribution in [0.25, 0.3) is 5.57 Å². The van der Waals surface area contributed by atoms with Gasteiger partial charge in [-0.15, -0.1) is 0 Å². The first-order chi connectivity index (χ1) is 11.3. The molecule has 0 saturated carbocycles.